The van der Waals surface area contributed by atoms with E-state index in [1.807, 2.05) is 32.0 Å². The maximum atomic E-state index is 12.1. The van der Waals surface area contributed by atoms with E-state index in [1.165, 1.54) is 0 Å². The molecule has 1 amide bonds. The number of nitrogens with one attached hydrogen (secondary N) is 1. The second kappa shape index (κ2) is 9.23. The lowest BCUT2D eigenvalue weighted by Gasteiger charge is -2.20. The molecule has 0 aliphatic carbocycles. The van der Waals surface area contributed by atoms with Crippen LogP contribution >= 0.6 is 0 Å². The lowest BCUT2D eigenvalue weighted by atomic mass is 10.2. The number of carbonyl (C=O) groups is 2. The highest BCUT2D eigenvalue weighted by Crippen LogP contribution is 2.22. The number of aryl methyl sites for hydroxylation is 1. The Morgan fingerprint density at radius 3 is 2.53 bits per heavy atom. The van der Waals surface area contributed by atoms with Crippen LogP contribution in [0.4, 0.5) is 0 Å². The van der Waals surface area contributed by atoms with Gasteiger partial charge in [0.2, 0.25) is 5.91 Å². The molecule has 0 unspecified atom stereocenters. The van der Waals surface area contributed by atoms with Crippen LogP contribution in [-0.4, -0.2) is 48.3 Å². The van der Waals surface area contributed by atoms with Crippen molar-refractivity contribution < 1.29 is 23.8 Å². The van der Waals surface area contributed by atoms with E-state index in [2.05, 4.69) is 15.1 Å². The van der Waals surface area contributed by atoms with Gasteiger partial charge >= 0.3 is 5.97 Å². The van der Waals surface area contributed by atoms with E-state index in [1.54, 1.807) is 32.2 Å². The van der Waals surface area contributed by atoms with E-state index in [0.717, 1.165) is 22.6 Å². The summed E-state index contributed by atoms with van der Waals surface area (Å²) < 4.78 is 17.9. The summed E-state index contributed by atoms with van der Waals surface area (Å²) in [5, 5.41) is 4.07. The first-order valence-electron chi connectivity index (χ1n) is 9.89. The smallest absolute Gasteiger partial charge is 0.338 e. The highest BCUT2D eigenvalue weighted by molar-refractivity contribution is 5.89. The minimum absolute atomic E-state index is 0.0795. The molecule has 1 aromatic heterocycles. The Kier molecular flexibility index (Phi) is 6.69. The van der Waals surface area contributed by atoms with Gasteiger partial charge in [-0.15, -0.1) is 0 Å². The zero-order chi connectivity index (χ0) is 21.7. The summed E-state index contributed by atoms with van der Waals surface area (Å²) in [6, 6.07) is 9.21. The summed E-state index contributed by atoms with van der Waals surface area (Å²) in [6.45, 7) is 8.79. The minimum Gasteiger partial charge on any atom is -0.462 e. The number of esters is 1. The SMILES string of the molecule is CCOC(=O)c1ccc(-n2c(C)cc(/C=N\NC(=O)CC3(C)OCCO3)c2C)cc1. The van der Waals surface area contributed by atoms with E-state index < -0.39 is 5.79 Å². The number of amides is 1. The number of nitrogens with zero attached hydrogens (tertiary/aromatic N) is 2. The fourth-order valence-corrected chi connectivity index (χ4v) is 3.44. The third-order valence-corrected chi connectivity index (χ3v) is 4.88. The summed E-state index contributed by atoms with van der Waals surface area (Å²) in [5.74, 6) is -1.50. The molecule has 0 bridgehead atoms. The van der Waals surface area contributed by atoms with Crippen LogP contribution in [0.3, 0.4) is 0 Å². The van der Waals surface area contributed by atoms with Gasteiger partial charge in [-0.25, -0.2) is 10.2 Å². The average molecular weight is 413 g/mol. The molecule has 2 aromatic rings. The standard InChI is InChI=1S/C22H27N3O5/c1-5-28-21(27)17-6-8-19(9-7-17)25-15(2)12-18(16(25)3)14-23-24-20(26)13-22(4)29-10-11-30-22/h6-9,12,14H,5,10-11,13H2,1-4H3,(H,24,26)/b23-14-. The molecule has 1 N–H and O–H groups in total. The number of benzene rings is 1. The molecule has 0 radical (unpaired) electrons. The molecule has 30 heavy (non-hydrogen) atoms. The fraction of sp³-hybridized carbons (Fsp3) is 0.409. The van der Waals surface area contributed by atoms with Crippen molar-refractivity contribution in [1.29, 1.82) is 0 Å². The quantitative estimate of drug-likeness (QED) is 0.428. The Hall–Kier alpha value is -2.97. The highest BCUT2D eigenvalue weighted by Gasteiger charge is 2.33. The van der Waals surface area contributed by atoms with Crippen LogP contribution in [0.25, 0.3) is 5.69 Å². The van der Waals surface area contributed by atoms with Gasteiger partial charge in [0.05, 0.1) is 38.0 Å². The molecule has 8 nitrogen and oxygen atoms in total. The number of carbonyl (C=O) groups excluding carboxylic acids is 2. The van der Waals surface area contributed by atoms with Crippen molar-refractivity contribution in [2.75, 3.05) is 19.8 Å². The molecule has 1 saturated heterocycles. The first kappa shape index (κ1) is 21.7. The second-order valence-corrected chi connectivity index (χ2v) is 7.23. The molecule has 0 spiro atoms. The Balaban J connectivity index is 1.68. The summed E-state index contributed by atoms with van der Waals surface area (Å²) in [7, 11) is 0. The predicted octanol–water partition coefficient (Wildman–Crippen LogP) is 2.87. The van der Waals surface area contributed by atoms with Crippen molar-refractivity contribution in [2.45, 2.75) is 39.9 Å². The summed E-state index contributed by atoms with van der Waals surface area (Å²) in [6.07, 6.45) is 1.69. The minimum atomic E-state index is -0.884. The topological polar surface area (TPSA) is 91.2 Å². The Bertz CT molecular complexity index is 940. The molecule has 0 atom stereocenters. The molecule has 8 heteroatoms. The molecule has 3 rings (SSSR count). The van der Waals surface area contributed by atoms with Gasteiger partial charge in [-0.3, -0.25) is 4.79 Å². The van der Waals surface area contributed by atoms with E-state index >= 15 is 0 Å². The van der Waals surface area contributed by atoms with Crippen LogP contribution in [0.2, 0.25) is 0 Å². The largest absolute Gasteiger partial charge is 0.462 e. The summed E-state index contributed by atoms with van der Waals surface area (Å²) in [5.41, 5.74) is 6.80. The van der Waals surface area contributed by atoms with Gasteiger partial charge in [0, 0.05) is 22.6 Å². The molecule has 1 aliphatic rings. The van der Waals surface area contributed by atoms with E-state index in [-0.39, 0.29) is 18.3 Å². The summed E-state index contributed by atoms with van der Waals surface area (Å²) >= 11 is 0. The lowest BCUT2D eigenvalue weighted by molar-refractivity contribution is -0.159. The monoisotopic (exact) mass is 413 g/mol. The molecular weight excluding hydrogens is 386 g/mol. The number of hydrogen-bond donors (Lipinski definition) is 1. The number of aromatic nitrogens is 1. The van der Waals surface area contributed by atoms with Crippen LogP contribution in [0.15, 0.2) is 35.4 Å². The predicted molar refractivity (Wildman–Crippen MR) is 112 cm³/mol. The van der Waals surface area contributed by atoms with Crippen molar-refractivity contribution in [3.8, 4) is 5.69 Å². The normalized spacial score (nSPS) is 15.5. The van der Waals surface area contributed by atoms with Crippen molar-refractivity contribution in [3.63, 3.8) is 0 Å². The number of hydrazone groups is 1. The number of rotatable bonds is 7. The maximum absolute atomic E-state index is 12.1. The Labute approximate surface area is 175 Å². The van der Waals surface area contributed by atoms with Crippen LogP contribution < -0.4 is 5.43 Å². The molecule has 1 aliphatic heterocycles. The van der Waals surface area contributed by atoms with Gasteiger partial charge in [0.25, 0.3) is 0 Å². The molecule has 160 valence electrons. The molecule has 1 aromatic carbocycles. The third-order valence-electron chi connectivity index (χ3n) is 4.88. The van der Waals surface area contributed by atoms with E-state index in [0.29, 0.717) is 25.4 Å². The first-order valence-corrected chi connectivity index (χ1v) is 9.89. The van der Waals surface area contributed by atoms with Gasteiger partial charge in [0.1, 0.15) is 0 Å². The highest BCUT2D eigenvalue weighted by atomic mass is 16.7. The number of ether oxygens (including phenoxy) is 3. The average Bonchev–Trinajstić information content (AvgIpc) is 3.25. The van der Waals surface area contributed by atoms with Crippen molar-refractivity contribution in [3.05, 3.63) is 52.8 Å². The zero-order valence-electron chi connectivity index (χ0n) is 17.7. The van der Waals surface area contributed by atoms with Crippen molar-refractivity contribution in [2.24, 2.45) is 5.10 Å². The molecular formula is C22H27N3O5. The van der Waals surface area contributed by atoms with E-state index in [4.69, 9.17) is 14.2 Å². The van der Waals surface area contributed by atoms with Crippen LogP contribution in [-0.2, 0) is 19.0 Å². The molecule has 0 saturated carbocycles. The zero-order valence-corrected chi connectivity index (χ0v) is 17.7. The van der Waals surface area contributed by atoms with Crippen molar-refractivity contribution >= 4 is 18.1 Å². The third kappa shape index (κ3) is 4.95. The summed E-state index contributed by atoms with van der Waals surface area (Å²) in [4.78, 5) is 23.9. The lowest BCUT2D eigenvalue weighted by Crippen LogP contribution is -2.33. The number of hydrogen-bond acceptors (Lipinski definition) is 6. The molecule has 2 heterocycles. The van der Waals surface area contributed by atoms with E-state index in [9.17, 15) is 9.59 Å². The van der Waals surface area contributed by atoms with Gasteiger partial charge in [-0.05, 0) is 58.0 Å². The van der Waals surface area contributed by atoms with Crippen LogP contribution in [0, 0.1) is 13.8 Å². The van der Waals surface area contributed by atoms with Gasteiger partial charge in [-0.1, -0.05) is 0 Å². The van der Waals surface area contributed by atoms with Crippen molar-refractivity contribution in [1.82, 2.24) is 9.99 Å². The van der Waals surface area contributed by atoms with Crippen LogP contribution in [0.1, 0.15) is 47.6 Å². The Morgan fingerprint density at radius 1 is 1.23 bits per heavy atom. The Morgan fingerprint density at radius 2 is 1.90 bits per heavy atom. The van der Waals surface area contributed by atoms with Crippen LogP contribution in [0.5, 0.6) is 0 Å². The molecule has 1 fully saturated rings. The van der Waals surface area contributed by atoms with Gasteiger partial charge in [0.15, 0.2) is 5.79 Å². The van der Waals surface area contributed by atoms with Gasteiger partial charge < -0.3 is 18.8 Å². The van der Waals surface area contributed by atoms with Gasteiger partial charge in [-0.2, -0.15) is 5.10 Å². The first-order chi connectivity index (χ1) is 14.3. The maximum Gasteiger partial charge on any atom is 0.338 e. The fourth-order valence-electron chi connectivity index (χ4n) is 3.44. The second-order valence-electron chi connectivity index (χ2n) is 7.23.